The van der Waals surface area contributed by atoms with Crippen LogP contribution in [0.25, 0.3) is 0 Å². The monoisotopic (exact) mass is 353 g/mol. The third kappa shape index (κ3) is 3.47. The van der Waals surface area contributed by atoms with Gasteiger partial charge in [-0.1, -0.05) is 6.07 Å². The smallest absolute Gasteiger partial charge is 0.254 e. The van der Waals surface area contributed by atoms with Crippen LogP contribution in [0.15, 0.2) is 36.4 Å². The number of carbonyl (C=O) groups excluding carboxylic acids is 1. The van der Waals surface area contributed by atoms with E-state index in [0.717, 1.165) is 5.56 Å². The molecule has 26 heavy (non-hydrogen) atoms. The molecule has 1 aliphatic heterocycles. The first-order valence-electron chi connectivity index (χ1n) is 8.42. The van der Waals surface area contributed by atoms with Crippen LogP contribution in [0.2, 0.25) is 0 Å². The van der Waals surface area contributed by atoms with Gasteiger partial charge in [-0.3, -0.25) is 4.79 Å². The van der Waals surface area contributed by atoms with Crippen LogP contribution in [0.4, 0.5) is 10.1 Å². The largest absolute Gasteiger partial charge is 0.496 e. The van der Waals surface area contributed by atoms with Gasteiger partial charge in [0.1, 0.15) is 11.6 Å². The summed E-state index contributed by atoms with van der Waals surface area (Å²) < 4.78 is 19.5. The number of benzene rings is 2. The SMILES string of the molecule is COc1cc(C(=O)N2CCN(c3ccc(C#N)cc3F)CC2)ccc1C. The highest BCUT2D eigenvalue weighted by Crippen LogP contribution is 2.24. The molecule has 6 heteroatoms. The summed E-state index contributed by atoms with van der Waals surface area (Å²) in [7, 11) is 1.58. The number of hydrogen-bond acceptors (Lipinski definition) is 4. The maximum absolute atomic E-state index is 14.2. The summed E-state index contributed by atoms with van der Waals surface area (Å²) in [4.78, 5) is 16.4. The van der Waals surface area contributed by atoms with Gasteiger partial charge < -0.3 is 14.5 Å². The van der Waals surface area contributed by atoms with Crippen molar-refractivity contribution in [2.24, 2.45) is 0 Å². The number of rotatable bonds is 3. The van der Waals surface area contributed by atoms with Crippen molar-refractivity contribution in [3.63, 3.8) is 0 Å². The number of halogens is 1. The molecule has 1 aliphatic rings. The third-order valence-corrected chi connectivity index (χ3v) is 4.64. The molecule has 0 bridgehead atoms. The van der Waals surface area contributed by atoms with Gasteiger partial charge in [-0.25, -0.2) is 4.39 Å². The third-order valence-electron chi connectivity index (χ3n) is 4.64. The lowest BCUT2D eigenvalue weighted by Gasteiger charge is -2.36. The van der Waals surface area contributed by atoms with E-state index in [1.807, 2.05) is 24.0 Å². The van der Waals surface area contributed by atoms with Crippen LogP contribution in [0.5, 0.6) is 5.75 Å². The van der Waals surface area contributed by atoms with Gasteiger partial charge in [0.2, 0.25) is 0 Å². The summed E-state index contributed by atoms with van der Waals surface area (Å²) in [6, 6.07) is 11.8. The van der Waals surface area contributed by atoms with E-state index < -0.39 is 5.82 Å². The van der Waals surface area contributed by atoms with E-state index >= 15 is 0 Å². The van der Waals surface area contributed by atoms with Crippen molar-refractivity contribution in [2.45, 2.75) is 6.92 Å². The average molecular weight is 353 g/mol. The molecule has 0 atom stereocenters. The second-order valence-electron chi connectivity index (χ2n) is 6.24. The zero-order valence-corrected chi connectivity index (χ0v) is 14.8. The second kappa shape index (κ2) is 7.44. The molecule has 0 N–H and O–H groups in total. The summed E-state index contributed by atoms with van der Waals surface area (Å²) in [5.74, 6) is 0.226. The van der Waals surface area contributed by atoms with Crippen LogP contribution in [0.1, 0.15) is 21.5 Å². The molecule has 0 radical (unpaired) electrons. The van der Waals surface area contributed by atoms with Crippen molar-refractivity contribution in [1.82, 2.24) is 4.90 Å². The number of piperazine rings is 1. The number of ether oxygens (including phenoxy) is 1. The minimum absolute atomic E-state index is 0.0525. The fraction of sp³-hybridized carbons (Fsp3) is 0.300. The summed E-state index contributed by atoms with van der Waals surface area (Å²) in [5, 5.41) is 8.84. The predicted octanol–water partition coefficient (Wildman–Crippen LogP) is 2.98. The number of carbonyl (C=O) groups is 1. The van der Waals surface area contributed by atoms with Crippen molar-refractivity contribution in [3.8, 4) is 11.8 Å². The summed E-state index contributed by atoms with van der Waals surface area (Å²) in [6.07, 6.45) is 0. The van der Waals surface area contributed by atoms with Gasteiger partial charge in [-0.2, -0.15) is 5.26 Å². The molecule has 0 saturated carbocycles. The molecule has 2 aromatic carbocycles. The Hall–Kier alpha value is -3.07. The Morgan fingerprint density at radius 1 is 1.15 bits per heavy atom. The maximum Gasteiger partial charge on any atom is 0.254 e. The van der Waals surface area contributed by atoms with Crippen molar-refractivity contribution in [1.29, 1.82) is 5.26 Å². The molecular formula is C20H20FN3O2. The molecule has 1 heterocycles. The van der Waals surface area contributed by atoms with Crippen molar-refractivity contribution < 1.29 is 13.9 Å². The standard InChI is InChI=1S/C20H20FN3O2/c1-14-3-5-16(12-19(14)26-2)20(25)24-9-7-23(8-10-24)18-6-4-15(13-22)11-17(18)21/h3-6,11-12H,7-10H2,1-2H3. The van der Waals surface area contributed by atoms with E-state index in [9.17, 15) is 9.18 Å². The number of hydrogen-bond donors (Lipinski definition) is 0. The van der Waals surface area contributed by atoms with E-state index in [4.69, 9.17) is 10.00 Å². The molecular weight excluding hydrogens is 333 g/mol. The highest BCUT2D eigenvalue weighted by atomic mass is 19.1. The molecule has 0 aliphatic carbocycles. The first-order chi connectivity index (χ1) is 12.5. The Morgan fingerprint density at radius 3 is 2.50 bits per heavy atom. The first kappa shape index (κ1) is 17.7. The fourth-order valence-electron chi connectivity index (χ4n) is 3.12. The topological polar surface area (TPSA) is 56.6 Å². The van der Waals surface area contributed by atoms with Gasteiger partial charge in [0.15, 0.2) is 0 Å². The minimum atomic E-state index is -0.410. The lowest BCUT2D eigenvalue weighted by molar-refractivity contribution is 0.0746. The van der Waals surface area contributed by atoms with Crippen LogP contribution in [-0.4, -0.2) is 44.1 Å². The molecule has 1 amide bonds. The van der Waals surface area contributed by atoms with E-state index in [0.29, 0.717) is 48.7 Å². The normalized spacial score (nSPS) is 14.1. The van der Waals surface area contributed by atoms with Gasteiger partial charge in [-0.05, 0) is 42.8 Å². The summed E-state index contributed by atoms with van der Waals surface area (Å²) in [6.45, 7) is 4.02. The molecule has 0 aromatic heterocycles. The second-order valence-corrected chi connectivity index (χ2v) is 6.24. The number of nitriles is 1. The Labute approximate surface area is 152 Å². The van der Waals surface area contributed by atoms with E-state index in [1.54, 1.807) is 36.3 Å². The van der Waals surface area contributed by atoms with E-state index in [2.05, 4.69) is 0 Å². The lowest BCUT2D eigenvalue weighted by atomic mass is 10.1. The van der Waals surface area contributed by atoms with Gasteiger partial charge in [0.05, 0.1) is 24.4 Å². The van der Waals surface area contributed by atoms with Gasteiger partial charge in [-0.15, -0.1) is 0 Å². The number of amides is 1. The molecule has 0 spiro atoms. The zero-order chi connectivity index (χ0) is 18.7. The summed E-state index contributed by atoms with van der Waals surface area (Å²) in [5.41, 5.74) is 2.33. The molecule has 1 fully saturated rings. The van der Waals surface area contributed by atoms with Crippen LogP contribution in [-0.2, 0) is 0 Å². The molecule has 2 aromatic rings. The highest BCUT2D eigenvalue weighted by Gasteiger charge is 2.24. The van der Waals surface area contributed by atoms with E-state index in [1.165, 1.54) is 6.07 Å². The quantitative estimate of drug-likeness (QED) is 0.851. The van der Waals surface area contributed by atoms with Crippen molar-refractivity contribution >= 4 is 11.6 Å². The Kier molecular flexibility index (Phi) is 5.08. The van der Waals surface area contributed by atoms with E-state index in [-0.39, 0.29) is 5.91 Å². The minimum Gasteiger partial charge on any atom is -0.496 e. The first-order valence-corrected chi connectivity index (χ1v) is 8.42. The number of methoxy groups -OCH3 is 1. The van der Waals surface area contributed by atoms with Crippen molar-refractivity contribution in [3.05, 3.63) is 58.9 Å². The van der Waals surface area contributed by atoms with Gasteiger partial charge in [0, 0.05) is 31.7 Å². The van der Waals surface area contributed by atoms with Gasteiger partial charge >= 0.3 is 0 Å². The Balaban J connectivity index is 1.68. The number of nitrogens with zero attached hydrogens (tertiary/aromatic N) is 3. The van der Waals surface area contributed by atoms with Crippen LogP contribution >= 0.6 is 0 Å². The molecule has 3 rings (SSSR count). The lowest BCUT2D eigenvalue weighted by Crippen LogP contribution is -2.49. The van der Waals surface area contributed by atoms with Gasteiger partial charge in [0.25, 0.3) is 5.91 Å². The predicted molar refractivity (Wildman–Crippen MR) is 97.0 cm³/mol. The number of anilines is 1. The van der Waals surface area contributed by atoms with Crippen LogP contribution in [0, 0.1) is 24.1 Å². The zero-order valence-electron chi connectivity index (χ0n) is 14.8. The van der Waals surface area contributed by atoms with Crippen LogP contribution < -0.4 is 9.64 Å². The Morgan fingerprint density at radius 2 is 1.88 bits per heavy atom. The number of aryl methyl sites for hydroxylation is 1. The van der Waals surface area contributed by atoms with Crippen LogP contribution in [0.3, 0.4) is 0 Å². The average Bonchev–Trinajstić information content (AvgIpc) is 2.68. The van der Waals surface area contributed by atoms with Crippen molar-refractivity contribution in [2.75, 3.05) is 38.2 Å². The molecule has 1 saturated heterocycles. The maximum atomic E-state index is 14.2. The molecule has 0 unspecified atom stereocenters. The molecule has 134 valence electrons. The molecule has 5 nitrogen and oxygen atoms in total. The summed E-state index contributed by atoms with van der Waals surface area (Å²) >= 11 is 0. The fourth-order valence-corrected chi connectivity index (χ4v) is 3.12. The highest BCUT2D eigenvalue weighted by molar-refractivity contribution is 5.95. The Bertz CT molecular complexity index is 868.